The molecule has 1 aromatic carbocycles. The van der Waals surface area contributed by atoms with E-state index in [9.17, 15) is 4.39 Å². The Bertz CT molecular complexity index is 454. The Labute approximate surface area is 85.6 Å². The van der Waals surface area contributed by atoms with Crippen LogP contribution in [0.2, 0.25) is 0 Å². The van der Waals surface area contributed by atoms with E-state index in [1.54, 1.807) is 6.07 Å². The molecule has 0 saturated heterocycles. The number of alkyl halides is 1. The maximum absolute atomic E-state index is 12.8. The first-order valence-corrected chi connectivity index (χ1v) is 4.85. The van der Waals surface area contributed by atoms with Gasteiger partial charge in [0.2, 0.25) is 0 Å². The highest BCUT2D eigenvalue weighted by Crippen LogP contribution is 2.29. The summed E-state index contributed by atoms with van der Waals surface area (Å²) in [5.74, 6) is -0.331. The molecule has 1 heterocycles. The lowest BCUT2D eigenvalue weighted by atomic mass is 10.1. The number of hydrogen-bond acceptors (Lipinski definition) is 2. The highest BCUT2D eigenvalue weighted by Gasteiger charge is 2.15. The Hall–Kier alpha value is -1.09. The second-order valence-corrected chi connectivity index (χ2v) is 3.61. The molecule has 0 aliphatic heterocycles. The molecule has 0 fully saturated rings. The Balaban J connectivity index is 2.58. The Morgan fingerprint density at radius 2 is 2.36 bits per heavy atom. The van der Waals surface area contributed by atoms with Crippen LogP contribution in [0.5, 0.6) is 0 Å². The van der Waals surface area contributed by atoms with E-state index in [-0.39, 0.29) is 11.2 Å². The summed E-state index contributed by atoms with van der Waals surface area (Å²) in [4.78, 5) is 0. The van der Waals surface area contributed by atoms with Crippen LogP contribution in [0.1, 0.15) is 24.4 Å². The summed E-state index contributed by atoms with van der Waals surface area (Å²) >= 11 is 6.03. The smallest absolute Gasteiger partial charge is 0.170 e. The molecule has 0 spiro atoms. The summed E-state index contributed by atoms with van der Waals surface area (Å²) < 4.78 is 17.8. The van der Waals surface area contributed by atoms with E-state index in [2.05, 4.69) is 5.16 Å². The number of aromatic nitrogens is 1. The van der Waals surface area contributed by atoms with E-state index in [0.29, 0.717) is 11.3 Å². The lowest BCUT2D eigenvalue weighted by molar-refractivity contribution is 0.443. The topological polar surface area (TPSA) is 26.0 Å². The van der Waals surface area contributed by atoms with Crippen LogP contribution in [-0.4, -0.2) is 5.16 Å². The third-order valence-corrected chi connectivity index (χ3v) is 2.63. The first-order valence-electron chi connectivity index (χ1n) is 4.41. The van der Waals surface area contributed by atoms with E-state index in [4.69, 9.17) is 16.1 Å². The minimum absolute atomic E-state index is 0.179. The van der Waals surface area contributed by atoms with Gasteiger partial charge in [-0.2, -0.15) is 0 Å². The normalized spacial score (nSPS) is 13.4. The predicted octanol–water partition coefficient (Wildman–Crippen LogP) is 3.66. The van der Waals surface area contributed by atoms with E-state index >= 15 is 0 Å². The molecule has 14 heavy (non-hydrogen) atoms. The zero-order valence-corrected chi connectivity index (χ0v) is 8.38. The molecular formula is C10H9ClFNO. The largest absolute Gasteiger partial charge is 0.356 e. The van der Waals surface area contributed by atoms with Gasteiger partial charge in [-0.25, -0.2) is 4.39 Å². The molecule has 0 bridgehead atoms. The molecular weight excluding hydrogens is 205 g/mol. The number of halogens is 2. The quantitative estimate of drug-likeness (QED) is 0.712. The van der Waals surface area contributed by atoms with Gasteiger partial charge in [-0.05, 0) is 18.6 Å². The monoisotopic (exact) mass is 213 g/mol. The van der Waals surface area contributed by atoms with Crippen molar-refractivity contribution in [2.45, 2.75) is 18.7 Å². The van der Waals surface area contributed by atoms with Gasteiger partial charge in [0.05, 0.1) is 5.38 Å². The summed E-state index contributed by atoms with van der Waals surface area (Å²) in [5.41, 5.74) is 1.13. The molecule has 0 saturated carbocycles. The number of fused-ring (bicyclic) bond motifs is 1. The predicted molar refractivity (Wildman–Crippen MR) is 52.9 cm³/mol. The Morgan fingerprint density at radius 3 is 3.07 bits per heavy atom. The minimum Gasteiger partial charge on any atom is -0.356 e. The second kappa shape index (κ2) is 3.58. The van der Waals surface area contributed by atoms with Gasteiger partial charge in [-0.3, -0.25) is 0 Å². The van der Waals surface area contributed by atoms with Crippen LogP contribution in [-0.2, 0) is 0 Å². The van der Waals surface area contributed by atoms with Crippen molar-refractivity contribution in [2.75, 3.05) is 0 Å². The summed E-state index contributed by atoms with van der Waals surface area (Å²) in [6.07, 6.45) is 0.764. The van der Waals surface area contributed by atoms with Crippen LogP contribution in [0.25, 0.3) is 11.0 Å². The molecule has 0 N–H and O–H groups in total. The van der Waals surface area contributed by atoms with E-state index in [1.165, 1.54) is 12.1 Å². The molecule has 0 radical (unpaired) electrons. The molecule has 1 aromatic heterocycles. The van der Waals surface area contributed by atoms with Crippen molar-refractivity contribution in [3.8, 4) is 0 Å². The first-order chi connectivity index (χ1) is 6.72. The number of benzene rings is 1. The standard InChI is InChI=1S/C10H9ClFNO/c1-2-8(11)10-7-4-3-6(12)5-9(7)14-13-10/h3-5,8H,2H2,1H3/t8-/m1/s1. The minimum atomic E-state index is -0.331. The molecule has 2 aromatic rings. The van der Waals surface area contributed by atoms with Gasteiger partial charge in [0.1, 0.15) is 11.5 Å². The zero-order valence-electron chi connectivity index (χ0n) is 7.63. The fraction of sp³-hybridized carbons (Fsp3) is 0.300. The summed E-state index contributed by atoms with van der Waals surface area (Å²) in [6, 6.07) is 4.33. The maximum atomic E-state index is 12.8. The molecule has 0 aliphatic rings. The number of nitrogens with zero attached hydrogens (tertiary/aromatic N) is 1. The molecule has 0 aliphatic carbocycles. The van der Waals surface area contributed by atoms with E-state index in [1.807, 2.05) is 6.92 Å². The summed E-state index contributed by atoms with van der Waals surface area (Å²) in [6.45, 7) is 1.96. The highest BCUT2D eigenvalue weighted by molar-refractivity contribution is 6.21. The lowest BCUT2D eigenvalue weighted by Gasteiger charge is -2.00. The van der Waals surface area contributed by atoms with Gasteiger partial charge < -0.3 is 4.52 Å². The van der Waals surface area contributed by atoms with Crippen LogP contribution in [0, 0.1) is 5.82 Å². The number of hydrogen-bond donors (Lipinski definition) is 0. The Morgan fingerprint density at radius 1 is 1.57 bits per heavy atom. The molecule has 74 valence electrons. The van der Waals surface area contributed by atoms with Crippen molar-refractivity contribution in [3.63, 3.8) is 0 Å². The van der Waals surface area contributed by atoms with Crippen LogP contribution < -0.4 is 0 Å². The maximum Gasteiger partial charge on any atom is 0.170 e. The molecule has 2 nitrogen and oxygen atoms in total. The van der Waals surface area contributed by atoms with Crippen LogP contribution in [0.3, 0.4) is 0 Å². The molecule has 4 heteroatoms. The fourth-order valence-electron chi connectivity index (χ4n) is 1.35. The van der Waals surface area contributed by atoms with Crippen molar-refractivity contribution < 1.29 is 8.91 Å². The Kier molecular flexibility index (Phi) is 2.42. The molecule has 2 rings (SSSR count). The van der Waals surface area contributed by atoms with E-state index < -0.39 is 0 Å². The van der Waals surface area contributed by atoms with Gasteiger partial charge in [0, 0.05) is 11.5 Å². The SMILES string of the molecule is CC[C@@H](Cl)c1noc2cc(F)ccc12. The van der Waals surface area contributed by atoms with Crippen molar-refractivity contribution in [1.82, 2.24) is 5.16 Å². The van der Waals surface area contributed by atoms with Gasteiger partial charge in [0.15, 0.2) is 5.58 Å². The van der Waals surface area contributed by atoms with Gasteiger partial charge >= 0.3 is 0 Å². The molecule has 1 atom stereocenters. The molecule has 0 amide bonds. The first kappa shape index (κ1) is 9.46. The van der Waals surface area contributed by atoms with Crippen molar-refractivity contribution in [1.29, 1.82) is 0 Å². The van der Waals surface area contributed by atoms with Gasteiger partial charge in [-0.1, -0.05) is 12.1 Å². The van der Waals surface area contributed by atoms with Gasteiger partial charge in [0.25, 0.3) is 0 Å². The fourth-order valence-corrected chi connectivity index (χ4v) is 1.51. The zero-order chi connectivity index (χ0) is 10.1. The van der Waals surface area contributed by atoms with Crippen LogP contribution in [0.4, 0.5) is 4.39 Å². The third-order valence-electron chi connectivity index (χ3n) is 2.12. The van der Waals surface area contributed by atoms with Gasteiger partial charge in [-0.15, -0.1) is 11.6 Å². The average Bonchev–Trinajstić information content (AvgIpc) is 2.59. The van der Waals surface area contributed by atoms with Crippen LogP contribution >= 0.6 is 11.6 Å². The highest BCUT2D eigenvalue weighted by atomic mass is 35.5. The lowest BCUT2D eigenvalue weighted by Crippen LogP contribution is -1.88. The summed E-state index contributed by atoms with van der Waals surface area (Å²) in [5, 5.41) is 4.44. The average molecular weight is 214 g/mol. The third kappa shape index (κ3) is 1.48. The second-order valence-electron chi connectivity index (χ2n) is 3.08. The number of rotatable bonds is 2. The molecule has 0 unspecified atom stereocenters. The van der Waals surface area contributed by atoms with Crippen molar-refractivity contribution in [2.24, 2.45) is 0 Å². The van der Waals surface area contributed by atoms with E-state index in [0.717, 1.165) is 11.8 Å². The van der Waals surface area contributed by atoms with Crippen molar-refractivity contribution in [3.05, 3.63) is 29.7 Å². The summed E-state index contributed by atoms with van der Waals surface area (Å²) in [7, 11) is 0. The van der Waals surface area contributed by atoms with Crippen molar-refractivity contribution >= 4 is 22.6 Å². The van der Waals surface area contributed by atoms with Crippen LogP contribution in [0.15, 0.2) is 22.7 Å².